The number of para-hydroxylation sites is 1. The van der Waals surface area contributed by atoms with E-state index in [1.807, 2.05) is 24.3 Å². The minimum absolute atomic E-state index is 0.117. The molecule has 152 valence electrons. The number of aliphatic imine (C=N–C) groups is 1. The molecule has 0 bridgehead atoms. The fourth-order valence-corrected chi connectivity index (χ4v) is 5.33. The first kappa shape index (κ1) is 19.8. The molecule has 2 aromatic rings. The minimum Gasteiger partial charge on any atom is -0.306 e. The SMILES string of the molecule is CC(C)CN1C(=O)C(=Nc2ccc(S(=O)(=O)N3CCCC3)cc2)c2ccccc21. The van der Waals surface area contributed by atoms with E-state index in [0.717, 1.165) is 24.1 Å². The Kier molecular flexibility index (Phi) is 5.27. The van der Waals surface area contributed by atoms with Gasteiger partial charge in [0.25, 0.3) is 5.91 Å². The summed E-state index contributed by atoms with van der Waals surface area (Å²) in [6.45, 7) is 5.92. The van der Waals surface area contributed by atoms with E-state index in [2.05, 4.69) is 18.8 Å². The number of carbonyl (C=O) groups excluding carboxylic acids is 1. The van der Waals surface area contributed by atoms with Crippen molar-refractivity contribution in [1.82, 2.24) is 4.31 Å². The average Bonchev–Trinajstić information content (AvgIpc) is 3.33. The molecule has 0 N–H and O–H groups in total. The van der Waals surface area contributed by atoms with Crippen LogP contribution in [0.4, 0.5) is 11.4 Å². The third-order valence-electron chi connectivity index (χ3n) is 5.23. The normalized spacial score (nSPS) is 18.8. The van der Waals surface area contributed by atoms with Crippen molar-refractivity contribution < 1.29 is 13.2 Å². The highest BCUT2D eigenvalue weighted by Gasteiger charge is 2.34. The van der Waals surface area contributed by atoms with Gasteiger partial charge in [-0.05, 0) is 49.1 Å². The van der Waals surface area contributed by atoms with Crippen molar-refractivity contribution in [1.29, 1.82) is 0 Å². The van der Waals surface area contributed by atoms with Crippen molar-refractivity contribution in [3.05, 3.63) is 54.1 Å². The number of hydrogen-bond acceptors (Lipinski definition) is 4. The smallest absolute Gasteiger partial charge is 0.277 e. The second-order valence-electron chi connectivity index (χ2n) is 7.89. The van der Waals surface area contributed by atoms with Gasteiger partial charge in [-0.3, -0.25) is 4.79 Å². The summed E-state index contributed by atoms with van der Waals surface area (Å²) < 4.78 is 26.9. The Morgan fingerprint density at radius 3 is 2.31 bits per heavy atom. The van der Waals surface area contributed by atoms with Crippen LogP contribution in [0, 0.1) is 5.92 Å². The van der Waals surface area contributed by atoms with Crippen molar-refractivity contribution in [3.8, 4) is 0 Å². The van der Waals surface area contributed by atoms with Gasteiger partial charge in [-0.1, -0.05) is 32.0 Å². The monoisotopic (exact) mass is 411 g/mol. The minimum atomic E-state index is -3.45. The maximum atomic E-state index is 13.0. The van der Waals surface area contributed by atoms with Gasteiger partial charge in [-0.2, -0.15) is 4.31 Å². The zero-order chi connectivity index (χ0) is 20.6. The van der Waals surface area contributed by atoms with Crippen LogP contribution in [0.25, 0.3) is 0 Å². The molecule has 0 aromatic heterocycles. The third-order valence-corrected chi connectivity index (χ3v) is 7.14. The molecule has 6 nitrogen and oxygen atoms in total. The number of benzene rings is 2. The quantitative estimate of drug-likeness (QED) is 0.755. The summed E-state index contributed by atoms with van der Waals surface area (Å²) in [5.74, 6) is 0.218. The zero-order valence-corrected chi connectivity index (χ0v) is 17.5. The van der Waals surface area contributed by atoms with Crippen LogP contribution in [-0.2, 0) is 14.8 Å². The Balaban J connectivity index is 1.65. The van der Waals surface area contributed by atoms with E-state index in [1.165, 1.54) is 4.31 Å². The third kappa shape index (κ3) is 3.72. The molecule has 2 aromatic carbocycles. The lowest BCUT2D eigenvalue weighted by molar-refractivity contribution is -0.112. The summed E-state index contributed by atoms with van der Waals surface area (Å²) in [7, 11) is -3.45. The lowest BCUT2D eigenvalue weighted by atomic mass is 10.1. The average molecular weight is 412 g/mol. The van der Waals surface area contributed by atoms with Gasteiger partial charge in [0.05, 0.1) is 16.3 Å². The highest BCUT2D eigenvalue weighted by atomic mass is 32.2. The first-order valence-corrected chi connectivity index (χ1v) is 11.4. The molecule has 0 aliphatic carbocycles. The first-order chi connectivity index (χ1) is 13.9. The number of sulfonamides is 1. The molecule has 1 fully saturated rings. The van der Waals surface area contributed by atoms with Crippen molar-refractivity contribution >= 4 is 33.0 Å². The maximum Gasteiger partial charge on any atom is 0.277 e. The molecular formula is C22H25N3O3S. The van der Waals surface area contributed by atoms with E-state index in [1.54, 1.807) is 29.2 Å². The van der Waals surface area contributed by atoms with E-state index in [0.29, 0.717) is 37.0 Å². The second kappa shape index (κ2) is 7.72. The number of amides is 1. The van der Waals surface area contributed by atoms with Crippen LogP contribution in [0.2, 0.25) is 0 Å². The standard InChI is InChI=1S/C22H25N3O3S/c1-16(2)15-25-20-8-4-3-7-19(20)21(22(25)26)23-17-9-11-18(12-10-17)29(27,28)24-13-5-6-14-24/h3-4,7-12,16H,5-6,13-15H2,1-2H3. The highest BCUT2D eigenvalue weighted by molar-refractivity contribution is 7.89. The Morgan fingerprint density at radius 1 is 1.00 bits per heavy atom. The molecule has 2 aliphatic rings. The number of anilines is 1. The summed E-state index contributed by atoms with van der Waals surface area (Å²) in [6, 6.07) is 14.1. The lowest BCUT2D eigenvalue weighted by Crippen LogP contribution is -2.33. The van der Waals surface area contributed by atoms with Crippen molar-refractivity contribution in [3.63, 3.8) is 0 Å². The molecule has 0 radical (unpaired) electrons. The molecule has 0 saturated carbocycles. The van der Waals surface area contributed by atoms with Crippen LogP contribution in [0.5, 0.6) is 0 Å². The summed E-state index contributed by atoms with van der Waals surface area (Å²) in [4.78, 5) is 19.6. The number of nitrogens with zero attached hydrogens (tertiary/aromatic N) is 3. The fourth-order valence-electron chi connectivity index (χ4n) is 3.82. The molecule has 7 heteroatoms. The van der Waals surface area contributed by atoms with Crippen molar-refractivity contribution in [2.75, 3.05) is 24.5 Å². The van der Waals surface area contributed by atoms with Gasteiger partial charge in [0.15, 0.2) is 0 Å². The zero-order valence-electron chi connectivity index (χ0n) is 16.7. The van der Waals surface area contributed by atoms with Gasteiger partial charge in [0.2, 0.25) is 10.0 Å². The van der Waals surface area contributed by atoms with E-state index in [4.69, 9.17) is 0 Å². The summed E-state index contributed by atoms with van der Waals surface area (Å²) in [5.41, 5.74) is 2.65. The molecule has 4 rings (SSSR count). The van der Waals surface area contributed by atoms with E-state index in [-0.39, 0.29) is 10.8 Å². The summed E-state index contributed by atoms with van der Waals surface area (Å²) in [6.07, 6.45) is 1.80. The van der Waals surface area contributed by atoms with E-state index >= 15 is 0 Å². The number of hydrogen-bond donors (Lipinski definition) is 0. The Labute approximate surface area is 171 Å². The molecule has 2 aliphatic heterocycles. The maximum absolute atomic E-state index is 13.0. The second-order valence-corrected chi connectivity index (χ2v) is 9.83. The topological polar surface area (TPSA) is 70.0 Å². The van der Waals surface area contributed by atoms with Gasteiger partial charge in [0.1, 0.15) is 5.71 Å². The van der Waals surface area contributed by atoms with E-state index in [9.17, 15) is 13.2 Å². The van der Waals surface area contributed by atoms with Crippen LogP contribution in [-0.4, -0.2) is 44.0 Å². The highest BCUT2D eigenvalue weighted by Crippen LogP contribution is 2.32. The first-order valence-electron chi connectivity index (χ1n) is 9.98. The molecule has 1 saturated heterocycles. The molecule has 0 atom stereocenters. The van der Waals surface area contributed by atoms with E-state index < -0.39 is 10.0 Å². The van der Waals surface area contributed by atoms with Gasteiger partial charge >= 0.3 is 0 Å². The van der Waals surface area contributed by atoms with Crippen LogP contribution in [0.1, 0.15) is 32.3 Å². The van der Waals surface area contributed by atoms with Crippen LogP contribution in [0.3, 0.4) is 0 Å². The molecule has 1 amide bonds. The van der Waals surface area contributed by atoms with Gasteiger partial charge in [-0.15, -0.1) is 0 Å². The summed E-state index contributed by atoms with van der Waals surface area (Å²) in [5, 5.41) is 0. The number of fused-ring (bicyclic) bond motifs is 1. The Bertz CT molecular complexity index is 1050. The van der Waals surface area contributed by atoms with Crippen LogP contribution in [0.15, 0.2) is 58.4 Å². The largest absolute Gasteiger partial charge is 0.306 e. The predicted octanol–water partition coefficient (Wildman–Crippen LogP) is 3.59. The number of rotatable bonds is 5. The Morgan fingerprint density at radius 2 is 1.66 bits per heavy atom. The Hall–Kier alpha value is -2.51. The van der Waals surface area contributed by atoms with Gasteiger partial charge in [-0.25, -0.2) is 13.4 Å². The molecule has 0 spiro atoms. The molecule has 29 heavy (non-hydrogen) atoms. The summed E-state index contributed by atoms with van der Waals surface area (Å²) >= 11 is 0. The van der Waals surface area contributed by atoms with Crippen molar-refractivity contribution in [2.45, 2.75) is 31.6 Å². The van der Waals surface area contributed by atoms with Crippen LogP contribution < -0.4 is 4.90 Å². The molecule has 2 heterocycles. The fraction of sp³-hybridized carbons (Fsp3) is 0.364. The predicted molar refractivity (Wildman–Crippen MR) is 114 cm³/mol. The van der Waals surface area contributed by atoms with Crippen LogP contribution >= 0.6 is 0 Å². The van der Waals surface area contributed by atoms with Crippen molar-refractivity contribution in [2.24, 2.45) is 10.9 Å². The molecule has 0 unspecified atom stereocenters. The lowest BCUT2D eigenvalue weighted by Gasteiger charge is -2.18. The number of carbonyl (C=O) groups is 1. The van der Waals surface area contributed by atoms with Gasteiger partial charge in [0, 0.05) is 25.2 Å². The van der Waals surface area contributed by atoms with Gasteiger partial charge < -0.3 is 4.90 Å². The molecular weight excluding hydrogens is 386 g/mol.